The molecular weight excluding hydrogens is 359 g/mol. The number of rotatable bonds is 3. The third kappa shape index (κ3) is 4.45. The summed E-state index contributed by atoms with van der Waals surface area (Å²) in [6, 6.07) is 4.89. The van der Waals surface area contributed by atoms with Crippen molar-refractivity contribution in [1.82, 2.24) is 4.90 Å². The maximum Gasteiger partial charge on any atom is 0.416 e. The first-order chi connectivity index (χ1) is 12.8. The van der Waals surface area contributed by atoms with Gasteiger partial charge in [-0.05, 0) is 62.6 Å². The zero-order valence-electron chi connectivity index (χ0n) is 15.0. The van der Waals surface area contributed by atoms with Gasteiger partial charge in [-0.3, -0.25) is 9.59 Å². The largest absolute Gasteiger partial charge is 0.481 e. The molecule has 7 heteroatoms. The third-order valence-corrected chi connectivity index (χ3v) is 5.83. The number of carbonyl (C=O) groups excluding carboxylic acids is 1. The van der Waals surface area contributed by atoms with Crippen molar-refractivity contribution in [3.63, 3.8) is 0 Å². The first kappa shape index (κ1) is 19.7. The van der Waals surface area contributed by atoms with Gasteiger partial charge in [0.25, 0.3) is 0 Å². The van der Waals surface area contributed by atoms with Crippen LogP contribution in [0.15, 0.2) is 24.3 Å². The summed E-state index contributed by atoms with van der Waals surface area (Å²) in [6.45, 7) is 0.601. The van der Waals surface area contributed by atoms with Gasteiger partial charge >= 0.3 is 12.1 Å². The van der Waals surface area contributed by atoms with Crippen molar-refractivity contribution in [2.75, 3.05) is 6.54 Å². The molecule has 0 bridgehead atoms. The summed E-state index contributed by atoms with van der Waals surface area (Å²) in [5, 5.41) is 9.11. The Morgan fingerprint density at radius 1 is 0.926 bits per heavy atom. The van der Waals surface area contributed by atoms with Crippen molar-refractivity contribution in [3.8, 4) is 0 Å². The van der Waals surface area contributed by atoms with E-state index in [0.717, 1.165) is 37.0 Å². The van der Waals surface area contributed by atoms with E-state index in [1.807, 2.05) is 0 Å². The molecule has 2 aliphatic rings. The number of likely N-dealkylation sites (tertiary alicyclic amines) is 1. The molecule has 1 aromatic carbocycles. The summed E-state index contributed by atoms with van der Waals surface area (Å²) < 4.78 is 38.4. The molecular formula is C20H24F3NO3. The Kier molecular flexibility index (Phi) is 5.77. The molecule has 1 aliphatic carbocycles. The van der Waals surface area contributed by atoms with Crippen LogP contribution in [0.25, 0.3) is 0 Å². The molecule has 1 unspecified atom stereocenters. The van der Waals surface area contributed by atoms with E-state index in [-0.39, 0.29) is 23.8 Å². The van der Waals surface area contributed by atoms with Crippen LogP contribution in [0.2, 0.25) is 0 Å². The van der Waals surface area contributed by atoms with Crippen LogP contribution >= 0.6 is 0 Å². The van der Waals surface area contributed by atoms with Crippen LogP contribution in [0.1, 0.15) is 62.1 Å². The summed E-state index contributed by atoms with van der Waals surface area (Å²) in [6.07, 6.45) is 0.312. The van der Waals surface area contributed by atoms with E-state index in [9.17, 15) is 22.8 Å². The summed E-state index contributed by atoms with van der Waals surface area (Å²) in [5.74, 6) is -1.35. The predicted octanol–water partition coefficient (Wildman–Crippen LogP) is 4.65. The van der Waals surface area contributed by atoms with Crippen LogP contribution in [0.3, 0.4) is 0 Å². The number of piperidine rings is 1. The number of hydrogen-bond donors (Lipinski definition) is 1. The van der Waals surface area contributed by atoms with E-state index >= 15 is 0 Å². The number of hydrogen-bond acceptors (Lipinski definition) is 2. The monoisotopic (exact) mass is 383 g/mol. The predicted molar refractivity (Wildman–Crippen MR) is 92.8 cm³/mol. The lowest BCUT2D eigenvalue weighted by Gasteiger charge is -2.39. The first-order valence-corrected chi connectivity index (χ1v) is 9.48. The highest BCUT2D eigenvalue weighted by molar-refractivity contribution is 5.80. The number of alkyl halides is 3. The highest BCUT2D eigenvalue weighted by Crippen LogP contribution is 2.37. The van der Waals surface area contributed by atoms with E-state index in [4.69, 9.17) is 5.11 Å². The summed E-state index contributed by atoms with van der Waals surface area (Å²) in [4.78, 5) is 25.9. The van der Waals surface area contributed by atoms with Crippen LogP contribution < -0.4 is 0 Å². The smallest absolute Gasteiger partial charge is 0.416 e. The molecule has 1 N–H and O–H groups in total. The number of carboxylic acids is 1. The Morgan fingerprint density at radius 2 is 1.52 bits per heavy atom. The normalized spacial score (nSPS) is 26.6. The average Bonchev–Trinajstić information content (AvgIpc) is 2.67. The molecule has 3 rings (SSSR count). The molecule has 4 nitrogen and oxygen atoms in total. The van der Waals surface area contributed by atoms with Crippen molar-refractivity contribution < 1.29 is 27.9 Å². The molecule has 1 saturated carbocycles. The van der Waals surface area contributed by atoms with E-state index in [2.05, 4.69) is 0 Å². The van der Waals surface area contributed by atoms with Gasteiger partial charge in [-0.1, -0.05) is 12.1 Å². The van der Waals surface area contributed by atoms with Crippen LogP contribution in [0.5, 0.6) is 0 Å². The fourth-order valence-corrected chi connectivity index (χ4v) is 4.26. The Labute approximate surface area is 156 Å². The Bertz CT molecular complexity index is 679. The van der Waals surface area contributed by atoms with Gasteiger partial charge in [-0.15, -0.1) is 0 Å². The zero-order valence-corrected chi connectivity index (χ0v) is 15.0. The molecule has 0 spiro atoms. The van der Waals surface area contributed by atoms with E-state index in [0.29, 0.717) is 32.2 Å². The lowest BCUT2D eigenvalue weighted by molar-refractivity contribution is -0.147. The lowest BCUT2D eigenvalue weighted by Crippen LogP contribution is -2.43. The second-order valence-corrected chi connectivity index (χ2v) is 7.55. The molecule has 1 atom stereocenters. The molecule has 2 fully saturated rings. The molecule has 1 heterocycles. The van der Waals surface area contributed by atoms with E-state index in [1.54, 1.807) is 4.90 Å². The molecule has 0 radical (unpaired) electrons. The minimum atomic E-state index is -4.37. The van der Waals surface area contributed by atoms with E-state index < -0.39 is 17.7 Å². The number of benzene rings is 1. The third-order valence-electron chi connectivity index (χ3n) is 5.83. The van der Waals surface area contributed by atoms with Gasteiger partial charge in [0.05, 0.1) is 17.5 Å². The van der Waals surface area contributed by atoms with Crippen molar-refractivity contribution >= 4 is 11.9 Å². The SMILES string of the molecule is O=C(O)C1CCC(C(=O)N2CCCCC2c2ccc(C(F)(F)F)cc2)CC1. The molecule has 0 aromatic heterocycles. The maximum absolute atomic E-state index is 13.0. The standard InChI is InChI=1S/C20H24F3NO3/c21-20(22,23)16-10-8-13(9-11-16)17-3-1-2-12-24(17)18(25)14-4-6-15(7-5-14)19(26)27/h8-11,14-15,17H,1-7,12H2,(H,26,27). The molecule has 1 aromatic rings. The summed E-state index contributed by atoms with van der Waals surface area (Å²) in [7, 11) is 0. The molecule has 1 amide bonds. The number of nitrogens with zero attached hydrogens (tertiary/aromatic N) is 1. The van der Waals surface area contributed by atoms with Crippen LogP contribution in [-0.4, -0.2) is 28.4 Å². The van der Waals surface area contributed by atoms with Crippen molar-refractivity contribution in [3.05, 3.63) is 35.4 Å². The average molecular weight is 383 g/mol. The van der Waals surface area contributed by atoms with Crippen molar-refractivity contribution in [2.45, 2.75) is 57.2 Å². The van der Waals surface area contributed by atoms with Crippen LogP contribution in [0.4, 0.5) is 13.2 Å². The molecule has 27 heavy (non-hydrogen) atoms. The second-order valence-electron chi connectivity index (χ2n) is 7.55. The number of amides is 1. The van der Waals surface area contributed by atoms with Crippen molar-refractivity contribution in [1.29, 1.82) is 0 Å². The topological polar surface area (TPSA) is 57.6 Å². The number of halogens is 3. The van der Waals surface area contributed by atoms with E-state index in [1.165, 1.54) is 12.1 Å². The Hall–Kier alpha value is -2.05. The summed E-state index contributed by atoms with van der Waals surface area (Å²) in [5.41, 5.74) is 0.0437. The first-order valence-electron chi connectivity index (χ1n) is 9.48. The molecule has 1 aliphatic heterocycles. The quantitative estimate of drug-likeness (QED) is 0.827. The molecule has 148 valence electrons. The Morgan fingerprint density at radius 3 is 2.07 bits per heavy atom. The summed E-state index contributed by atoms with van der Waals surface area (Å²) >= 11 is 0. The zero-order chi connectivity index (χ0) is 19.6. The van der Waals surface area contributed by atoms with Gasteiger partial charge in [0.2, 0.25) is 5.91 Å². The lowest BCUT2D eigenvalue weighted by atomic mass is 9.80. The van der Waals surface area contributed by atoms with Crippen LogP contribution in [-0.2, 0) is 15.8 Å². The van der Waals surface area contributed by atoms with Gasteiger partial charge in [0.1, 0.15) is 0 Å². The highest BCUT2D eigenvalue weighted by Gasteiger charge is 2.36. The Balaban J connectivity index is 1.72. The van der Waals surface area contributed by atoms with Gasteiger partial charge in [0.15, 0.2) is 0 Å². The van der Waals surface area contributed by atoms with Gasteiger partial charge in [-0.2, -0.15) is 13.2 Å². The fraction of sp³-hybridized carbons (Fsp3) is 0.600. The fourth-order valence-electron chi connectivity index (χ4n) is 4.26. The highest BCUT2D eigenvalue weighted by atomic mass is 19.4. The number of carboxylic acid groups (broad SMARTS) is 1. The van der Waals surface area contributed by atoms with Gasteiger partial charge < -0.3 is 10.0 Å². The van der Waals surface area contributed by atoms with Gasteiger partial charge in [0, 0.05) is 12.5 Å². The van der Waals surface area contributed by atoms with Crippen molar-refractivity contribution in [2.24, 2.45) is 11.8 Å². The van der Waals surface area contributed by atoms with Crippen LogP contribution in [0, 0.1) is 11.8 Å². The minimum absolute atomic E-state index is 0.0171. The number of aliphatic carboxylic acids is 1. The molecule has 1 saturated heterocycles. The minimum Gasteiger partial charge on any atom is -0.481 e. The second kappa shape index (κ2) is 7.90. The maximum atomic E-state index is 13.0. The van der Waals surface area contributed by atoms with Gasteiger partial charge in [-0.25, -0.2) is 0 Å². The number of carbonyl (C=O) groups is 2.